The highest BCUT2D eigenvalue weighted by Crippen LogP contribution is 2.40. The van der Waals surface area contributed by atoms with Crippen LogP contribution >= 0.6 is 0 Å². The van der Waals surface area contributed by atoms with Gasteiger partial charge < -0.3 is 15.5 Å². The van der Waals surface area contributed by atoms with Crippen LogP contribution in [-0.2, 0) is 9.59 Å². The molecule has 22 heavy (non-hydrogen) atoms. The molecule has 1 aliphatic rings. The molecule has 3 atom stereocenters. The number of unbranched alkanes of at least 4 members (excludes halogenated alkanes) is 2. The highest BCUT2D eigenvalue weighted by atomic mass is 16.4. The van der Waals surface area contributed by atoms with Gasteiger partial charge in [-0.15, -0.1) is 0 Å². The summed E-state index contributed by atoms with van der Waals surface area (Å²) in [6.45, 7) is 9.27. The van der Waals surface area contributed by atoms with E-state index in [4.69, 9.17) is 0 Å². The minimum Gasteiger partial charge on any atom is -0.481 e. The van der Waals surface area contributed by atoms with Crippen LogP contribution in [0.1, 0.15) is 59.3 Å². The minimum absolute atomic E-state index is 0.262. The third-order valence-corrected chi connectivity index (χ3v) is 4.67. The number of nitrogens with one attached hydrogen (secondary N) is 1. The Morgan fingerprint density at radius 1 is 1.36 bits per heavy atom. The van der Waals surface area contributed by atoms with Crippen molar-refractivity contribution in [2.75, 3.05) is 0 Å². The van der Waals surface area contributed by atoms with Gasteiger partial charge in [0.1, 0.15) is 6.04 Å². The van der Waals surface area contributed by atoms with E-state index in [0.717, 1.165) is 31.3 Å². The summed E-state index contributed by atoms with van der Waals surface area (Å²) in [5, 5.41) is 22.0. The van der Waals surface area contributed by atoms with E-state index in [9.17, 15) is 19.8 Å². The van der Waals surface area contributed by atoms with E-state index >= 15 is 0 Å². The molecule has 3 N–H and O–H groups in total. The highest BCUT2D eigenvalue weighted by molar-refractivity contribution is 5.76. The second-order valence-electron chi connectivity index (χ2n) is 6.93. The molecule has 0 aliphatic heterocycles. The van der Waals surface area contributed by atoms with Gasteiger partial charge in [0.2, 0.25) is 0 Å². The number of carboxylic acids is 2. The quantitative estimate of drug-likeness (QED) is 0.403. The van der Waals surface area contributed by atoms with Crippen LogP contribution < -0.4 is 5.32 Å². The van der Waals surface area contributed by atoms with E-state index in [1.54, 1.807) is 13.8 Å². The van der Waals surface area contributed by atoms with E-state index in [1.165, 1.54) is 0 Å². The van der Waals surface area contributed by atoms with Gasteiger partial charge in [-0.05, 0) is 39.0 Å². The Balaban J connectivity index is 2.76. The Morgan fingerprint density at radius 2 is 1.95 bits per heavy atom. The van der Waals surface area contributed by atoms with Crippen LogP contribution in [0.5, 0.6) is 0 Å². The lowest BCUT2D eigenvalue weighted by atomic mass is 9.81. The summed E-state index contributed by atoms with van der Waals surface area (Å²) >= 11 is 0. The predicted molar refractivity (Wildman–Crippen MR) is 85.8 cm³/mol. The van der Waals surface area contributed by atoms with Crippen molar-refractivity contribution >= 4 is 11.9 Å². The molecule has 0 aromatic carbocycles. The van der Waals surface area contributed by atoms with Crippen molar-refractivity contribution in [2.24, 2.45) is 11.3 Å². The van der Waals surface area contributed by atoms with Crippen LogP contribution in [0.4, 0.5) is 0 Å². The molecule has 0 bridgehead atoms. The van der Waals surface area contributed by atoms with Gasteiger partial charge in [-0.1, -0.05) is 38.3 Å². The lowest BCUT2D eigenvalue weighted by Gasteiger charge is -2.33. The fraction of sp³-hybridized carbons (Fsp3) is 0.765. The summed E-state index contributed by atoms with van der Waals surface area (Å²) in [4.78, 5) is 23.0. The van der Waals surface area contributed by atoms with Gasteiger partial charge in [-0.3, -0.25) is 9.59 Å². The monoisotopic (exact) mass is 311 g/mol. The molecule has 1 rings (SSSR count). The minimum atomic E-state index is -0.998. The van der Waals surface area contributed by atoms with E-state index in [2.05, 4.69) is 18.8 Å². The fourth-order valence-electron chi connectivity index (χ4n) is 2.68. The van der Waals surface area contributed by atoms with Gasteiger partial charge in [0.05, 0.1) is 5.41 Å². The van der Waals surface area contributed by atoms with E-state index < -0.39 is 23.4 Å². The summed E-state index contributed by atoms with van der Waals surface area (Å²) < 4.78 is 0. The number of rotatable bonds is 11. The van der Waals surface area contributed by atoms with E-state index in [1.807, 2.05) is 0 Å². The number of allylic oxidation sites excluding steroid dienone is 1. The van der Waals surface area contributed by atoms with Crippen molar-refractivity contribution in [3.8, 4) is 0 Å². The first-order valence-corrected chi connectivity index (χ1v) is 8.10. The van der Waals surface area contributed by atoms with Gasteiger partial charge in [-0.25, -0.2) is 0 Å². The maximum absolute atomic E-state index is 11.5. The zero-order valence-electron chi connectivity index (χ0n) is 13.9. The largest absolute Gasteiger partial charge is 0.481 e. The molecule has 0 spiro atoms. The Bertz CT molecular complexity index is 430. The normalized spacial score (nSPS) is 20.5. The molecule has 0 heterocycles. The zero-order valence-corrected chi connectivity index (χ0v) is 13.9. The lowest BCUT2D eigenvalue weighted by Crippen LogP contribution is -2.52. The average Bonchev–Trinajstić information content (AvgIpc) is 3.11. The Labute approximate surface area is 132 Å². The lowest BCUT2D eigenvalue weighted by molar-refractivity contribution is -0.150. The summed E-state index contributed by atoms with van der Waals surface area (Å²) in [7, 11) is 0. The molecule has 1 saturated carbocycles. The van der Waals surface area contributed by atoms with Gasteiger partial charge >= 0.3 is 11.9 Å². The average molecular weight is 311 g/mol. The number of aliphatic carboxylic acids is 2. The fourth-order valence-corrected chi connectivity index (χ4v) is 2.68. The van der Waals surface area contributed by atoms with Gasteiger partial charge in [0.15, 0.2) is 0 Å². The number of carbonyl (C=O) groups is 2. The van der Waals surface area contributed by atoms with Crippen molar-refractivity contribution in [3.63, 3.8) is 0 Å². The third-order valence-electron chi connectivity index (χ3n) is 4.67. The molecule has 0 aromatic heterocycles. The second-order valence-corrected chi connectivity index (χ2v) is 6.93. The standard InChI is InChI=1S/C17H29NO4/c1-5-6-7-8-14(17(3,4)16(21)22)18-13(15(19)20)10-12-9-11(12)2/h12-14,18H,2,5-10H2,1,3-4H3,(H,19,20)(H,21,22). The Kier molecular flexibility index (Phi) is 6.60. The summed E-state index contributed by atoms with van der Waals surface area (Å²) in [5.74, 6) is -1.55. The maximum atomic E-state index is 11.5. The molecule has 1 aliphatic carbocycles. The first kappa shape index (κ1) is 18.7. The highest BCUT2D eigenvalue weighted by Gasteiger charge is 2.40. The predicted octanol–water partition coefficient (Wildman–Crippen LogP) is 3.06. The van der Waals surface area contributed by atoms with E-state index in [-0.39, 0.29) is 12.0 Å². The first-order chi connectivity index (χ1) is 10.2. The Hall–Kier alpha value is -1.36. The summed E-state index contributed by atoms with van der Waals surface area (Å²) in [6, 6.07) is -1.07. The third kappa shape index (κ3) is 5.13. The molecule has 0 saturated heterocycles. The molecule has 0 amide bonds. The van der Waals surface area contributed by atoms with Crippen LogP contribution in [0.25, 0.3) is 0 Å². The summed E-state index contributed by atoms with van der Waals surface area (Å²) in [5.41, 5.74) is 0.0928. The Morgan fingerprint density at radius 3 is 2.36 bits per heavy atom. The van der Waals surface area contributed by atoms with Gasteiger partial charge in [0, 0.05) is 6.04 Å². The van der Waals surface area contributed by atoms with Crippen molar-refractivity contribution in [1.29, 1.82) is 0 Å². The smallest absolute Gasteiger partial charge is 0.320 e. The van der Waals surface area contributed by atoms with Gasteiger partial charge in [-0.2, -0.15) is 0 Å². The molecule has 3 unspecified atom stereocenters. The van der Waals surface area contributed by atoms with Gasteiger partial charge in [0.25, 0.3) is 0 Å². The van der Waals surface area contributed by atoms with Crippen LogP contribution in [-0.4, -0.2) is 34.2 Å². The number of carboxylic acid groups (broad SMARTS) is 2. The molecule has 1 fully saturated rings. The van der Waals surface area contributed by atoms with Crippen molar-refractivity contribution in [1.82, 2.24) is 5.32 Å². The van der Waals surface area contributed by atoms with Crippen molar-refractivity contribution < 1.29 is 19.8 Å². The molecular weight excluding hydrogens is 282 g/mol. The molecule has 126 valence electrons. The second kappa shape index (κ2) is 7.77. The van der Waals surface area contributed by atoms with Crippen molar-refractivity contribution in [3.05, 3.63) is 12.2 Å². The molecule has 0 radical (unpaired) electrons. The van der Waals surface area contributed by atoms with Crippen LogP contribution in [0.2, 0.25) is 0 Å². The molecular formula is C17H29NO4. The van der Waals surface area contributed by atoms with Crippen LogP contribution in [0, 0.1) is 11.3 Å². The zero-order chi connectivity index (χ0) is 16.9. The van der Waals surface area contributed by atoms with E-state index in [0.29, 0.717) is 12.8 Å². The molecule has 5 nitrogen and oxygen atoms in total. The molecule has 0 aromatic rings. The number of hydrogen-bond donors (Lipinski definition) is 3. The number of hydrogen-bond acceptors (Lipinski definition) is 3. The van der Waals surface area contributed by atoms with Crippen molar-refractivity contribution in [2.45, 2.75) is 71.4 Å². The summed E-state index contributed by atoms with van der Waals surface area (Å²) in [6.07, 6.45) is 5.01. The topological polar surface area (TPSA) is 86.6 Å². The van der Waals surface area contributed by atoms with Crippen LogP contribution in [0.3, 0.4) is 0 Å². The molecule has 5 heteroatoms. The first-order valence-electron chi connectivity index (χ1n) is 8.10. The maximum Gasteiger partial charge on any atom is 0.320 e. The van der Waals surface area contributed by atoms with Crippen LogP contribution in [0.15, 0.2) is 12.2 Å². The SMILES string of the molecule is C=C1CC1CC(NC(CCCCC)C(C)(C)C(=O)O)C(=O)O.